The minimum atomic E-state index is -4.59. The highest BCUT2D eigenvalue weighted by molar-refractivity contribution is 7.15. The van der Waals surface area contributed by atoms with Gasteiger partial charge in [-0.2, -0.15) is 18.4 Å². The minimum Gasteiger partial charge on any atom is -0.447 e. The molecule has 1 N–H and O–H groups in total. The maximum absolute atomic E-state index is 14.7. The molecule has 4 aromatic rings. The van der Waals surface area contributed by atoms with Gasteiger partial charge in [0, 0.05) is 29.4 Å². The Balaban J connectivity index is 1.43. The second kappa shape index (κ2) is 10.6. The Morgan fingerprint density at radius 3 is 2.72 bits per heavy atom. The van der Waals surface area contributed by atoms with Crippen LogP contribution in [0.2, 0.25) is 0 Å². The molecule has 2 aliphatic heterocycles. The molecule has 43 heavy (non-hydrogen) atoms. The summed E-state index contributed by atoms with van der Waals surface area (Å²) < 4.78 is 75.5. The molecular weight excluding hydrogens is 595 g/mol. The number of nitrogens with zero attached hydrogens (tertiary/aromatic N) is 5. The van der Waals surface area contributed by atoms with Crippen molar-refractivity contribution in [3.8, 4) is 16.6 Å². The molecule has 0 spiro atoms. The van der Waals surface area contributed by atoms with Gasteiger partial charge in [-0.1, -0.05) is 6.07 Å². The van der Waals surface area contributed by atoms with Crippen molar-refractivity contribution in [3.05, 3.63) is 74.3 Å². The number of cyclic esters (lactones) is 1. The number of nitriles is 1. The first-order valence-corrected chi connectivity index (χ1v) is 13.9. The van der Waals surface area contributed by atoms with Crippen molar-refractivity contribution in [1.29, 1.82) is 5.26 Å². The second-order valence-corrected chi connectivity index (χ2v) is 11.3. The molecule has 1 amide bonds. The molecule has 0 saturated carbocycles. The van der Waals surface area contributed by atoms with Crippen LogP contribution in [0.15, 0.2) is 35.3 Å². The molecular formula is C28H21F5N6O3S. The van der Waals surface area contributed by atoms with Crippen molar-refractivity contribution >= 4 is 34.0 Å². The first kappa shape index (κ1) is 28.5. The number of thiazole rings is 1. The fourth-order valence-electron chi connectivity index (χ4n) is 5.41. The maximum Gasteiger partial charge on any atom is 0.427 e. The van der Waals surface area contributed by atoms with Crippen LogP contribution in [0.5, 0.6) is 0 Å². The average molecular weight is 617 g/mol. The predicted octanol–water partition coefficient (Wildman–Crippen LogP) is 5.44. The lowest BCUT2D eigenvalue weighted by atomic mass is 9.97. The van der Waals surface area contributed by atoms with Crippen LogP contribution in [0.4, 0.5) is 32.4 Å². The third-order valence-electron chi connectivity index (χ3n) is 7.62. The van der Waals surface area contributed by atoms with E-state index in [4.69, 9.17) is 10.00 Å². The van der Waals surface area contributed by atoms with Gasteiger partial charge in [0.05, 0.1) is 35.2 Å². The van der Waals surface area contributed by atoms with Gasteiger partial charge < -0.3 is 15.0 Å². The number of carbonyl (C=O) groups is 1. The Morgan fingerprint density at radius 1 is 1.21 bits per heavy atom. The summed E-state index contributed by atoms with van der Waals surface area (Å²) in [6, 6.07) is 6.49. The van der Waals surface area contributed by atoms with Crippen molar-refractivity contribution in [1.82, 2.24) is 19.4 Å². The molecule has 0 bridgehead atoms. The predicted molar refractivity (Wildman–Crippen MR) is 146 cm³/mol. The fourth-order valence-corrected chi connectivity index (χ4v) is 6.22. The molecule has 6 rings (SSSR count). The summed E-state index contributed by atoms with van der Waals surface area (Å²) in [5.41, 5.74) is -0.399. The number of aryl methyl sites for hydroxylation is 1. The van der Waals surface area contributed by atoms with Crippen molar-refractivity contribution in [2.75, 3.05) is 18.5 Å². The van der Waals surface area contributed by atoms with Crippen LogP contribution < -0.4 is 10.9 Å². The first-order chi connectivity index (χ1) is 20.4. The van der Waals surface area contributed by atoms with Crippen molar-refractivity contribution in [2.45, 2.75) is 44.6 Å². The van der Waals surface area contributed by atoms with Gasteiger partial charge in [0.25, 0.3) is 5.56 Å². The highest BCUT2D eigenvalue weighted by Crippen LogP contribution is 2.40. The van der Waals surface area contributed by atoms with Gasteiger partial charge >= 0.3 is 12.3 Å². The quantitative estimate of drug-likeness (QED) is 0.297. The number of piperidine rings is 1. The first-order valence-electron chi connectivity index (χ1n) is 13.1. The molecule has 2 fully saturated rings. The SMILES string of the molecule is Cc1nc2cc(-c3ncc(C(F)(F)F)s3)c(N[C@H]3CCN4C(=O)OC[C@@H]4C3)cc2c(=O)n1Cc1ccc(C#N)c(F)c1F. The smallest absolute Gasteiger partial charge is 0.427 e. The Kier molecular flexibility index (Phi) is 7.04. The molecule has 2 aromatic carbocycles. The van der Waals surface area contributed by atoms with Crippen LogP contribution in [0.1, 0.15) is 34.7 Å². The molecule has 15 heteroatoms. The number of amides is 1. The van der Waals surface area contributed by atoms with Crippen molar-refractivity contribution in [3.63, 3.8) is 0 Å². The summed E-state index contributed by atoms with van der Waals surface area (Å²) in [7, 11) is 0. The van der Waals surface area contributed by atoms with Gasteiger partial charge in [-0.25, -0.2) is 23.5 Å². The number of carbonyl (C=O) groups excluding carboxylic acids is 1. The monoisotopic (exact) mass is 616 g/mol. The lowest BCUT2D eigenvalue weighted by molar-refractivity contribution is -0.134. The third kappa shape index (κ3) is 5.16. The van der Waals surface area contributed by atoms with E-state index in [2.05, 4.69) is 15.3 Å². The van der Waals surface area contributed by atoms with Crippen LogP contribution >= 0.6 is 11.3 Å². The Hall–Kier alpha value is -4.58. The Labute approximate surface area is 244 Å². The lowest BCUT2D eigenvalue weighted by Gasteiger charge is -2.33. The van der Waals surface area contributed by atoms with E-state index in [-0.39, 0.29) is 52.5 Å². The molecule has 222 valence electrons. The number of fused-ring (bicyclic) bond motifs is 2. The highest BCUT2D eigenvalue weighted by atomic mass is 32.1. The molecule has 2 aromatic heterocycles. The molecule has 0 unspecified atom stereocenters. The lowest BCUT2D eigenvalue weighted by Crippen LogP contribution is -2.45. The zero-order valence-corrected chi connectivity index (χ0v) is 23.2. The molecule has 9 nitrogen and oxygen atoms in total. The number of hydrogen-bond donors (Lipinski definition) is 1. The maximum atomic E-state index is 14.7. The Bertz CT molecular complexity index is 1880. The van der Waals surface area contributed by atoms with Gasteiger partial charge in [0.15, 0.2) is 11.6 Å². The van der Waals surface area contributed by atoms with E-state index in [0.717, 1.165) is 16.8 Å². The minimum absolute atomic E-state index is 0.0623. The number of alkyl halides is 3. The molecule has 2 aliphatic rings. The van der Waals surface area contributed by atoms with Crippen LogP contribution in [0, 0.1) is 29.9 Å². The number of nitrogens with one attached hydrogen (secondary N) is 1. The fraction of sp³-hybridized carbons (Fsp3) is 0.321. The van der Waals surface area contributed by atoms with Crippen LogP contribution in [0.3, 0.4) is 0 Å². The third-order valence-corrected chi connectivity index (χ3v) is 8.70. The molecule has 0 radical (unpaired) electrons. The number of ether oxygens (including phenoxy) is 1. The number of halogens is 5. The number of anilines is 1. The van der Waals surface area contributed by atoms with E-state index in [1.807, 2.05) is 0 Å². The summed E-state index contributed by atoms with van der Waals surface area (Å²) >= 11 is 0.452. The zero-order valence-electron chi connectivity index (χ0n) is 22.3. The zero-order chi connectivity index (χ0) is 30.6. The molecule has 4 heterocycles. The average Bonchev–Trinajstić information content (AvgIpc) is 3.61. The summed E-state index contributed by atoms with van der Waals surface area (Å²) in [6.07, 6.45) is -3.21. The van der Waals surface area contributed by atoms with Crippen LogP contribution in [-0.2, 0) is 17.5 Å². The van der Waals surface area contributed by atoms with Gasteiger partial charge in [-0.15, -0.1) is 11.3 Å². The van der Waals surface area contributed by atoms with Crippen LogP contribution in [-0.4, -0.2) is 50.8 Å². The second-order valence-electron chi connectivity index (χ2n) is 10.3. The Morgan fingerprint density at radius 2 is 2.00 bits per heavy atom. The van der Waals surface area contributed by atoms with E-state index >= 15 is 0 Å². The highest BCUT2D eigenvalue weighted by Gasteiger charge is 2.38. The van der Waals surface area contributed by atoms with E-state index in [9.17, 15) is 31.5 Å². The molecule has 0 aliphatic carbocycles. The number of hydrogen-bond acceptors (Lipinski definition) is 8. The van der Waals surface area contributed by atoms with E-state index < -0.39 is 39.9 Å². The van der Waals surface area contributed by atoms with E-state index in [0.29, 0.717) is 42.0 Å². The van der Waals surface area contributed by atoms with Crippen LogP contribution in [0.25, 0.3) is 21.5 Å². The van der Waals surface area contributed by atoms with E-state index in [1.54, 1.807) is 11.0 Å². The van der Waals surface area contributed by atoms with Gasteiger partial charge in [0.1, 0.15) is 28.4 Å². The van der Waals surface area contributed by atoms with Gasteiger partial charge in [-0.05, 0) is 38.0 Å². The summed E-state index contributed by atoms with van der Waals surface area (Å²) in [4.78, 5) is 34.8. The molecule has 2 atom stereocenters. The summed E-state index contributed by atoms with van der Waals surface area (Å²) in [6.45, 7) is 1.76. The normalized spacial score (nSPS) is 18.4. The number of aromatic nitrogens is 3. The largest absolute Gasteiger partial charge is 0.447 e. The van der Waals surface area contributed by atoms with Gasteiger partial charge in [0.2, 0.25) is 0 Å². The standard InChI is InChI=1S/C28H21F5N6O3S/c1-13-36-21-7-18(25-35-10-22(43-25)28(31,32)33)20(37-16-4-5-38-17(6-16)12-42-27(38)41)8-19(21)26(40)39(13)11-15-3-2-14(9-34)23(29)24(15)30/h2-3,7-8,10,16-17,37H,4-6,11-12H2,1H3/t16-,17-/m0/s1. The summed E-state index contributed by atoms with van der Waals surface area (Å²) in [5.74, 6) is -2.42. The van der Waals surface area contributed by atoms with E-state index in [1.165, 1.54) is 25.1 Å². The van der Waals surface area contributed by atoms with Gasteiger partial charge in [-0.3, -0.25) is 9.36 Å². The van der Waals surface area contributed by atoms with Crippen molar-refractivity contribution in [2.24, 2.45) is 0 Å². The topological polar surface area (TPSA) is 113 Å². The molecule has 2 saturated heterocycles. The van der Waals surface area contributed by atoms with Crippen molar-refractivity contribution < 1.29 is 31.5 Å². The number of rotatable bonds is 5. The number of benzene rings is 2. The summed E-state index contributed by atoms with van der Waals surface area (Å²) in [5, 5.41) is 12.5.